The Labute approximate surface area is 118 Å². The van der Waals surface area contributed by atoms with Crippen LogP contribution in [-0.4, -0.2) is 36.1 Å². The van der Waals surface area contributed by atoms with Crippen LogP contribution in [0.1, 0.15) is 11.4 Å². The number of aromatic nitrogens is 1. The Kier molecular flexibility index (Phi) is 3.53. The van der Waals surface area contributed by atoms with E-state index in [1.807, 2.05) is 6.92 Å². The first kappa shape index (κ1) is 12.6. The topological polar surface area (TPSA) is 28.2 Å². The summed E-state index contributed by atoms with van der Waals surface area (Å²) in [6.45, 7) is 4.35. The maximum absolute atomic E-state index is 4.55. The molecule has 0 aliphatic carbocycles. The second-order valence-electron chi connectivity index (χ2n) is 5.22. The van der Waals surface area contributed by atoms with Crippen molar-refractivity contribution in [3.05, 3.63) is 34.7 Å². The third-order valence-electron chi connectivity index (χ3n) is 3.54. The van der Waals surface area contributed by atoms with Crippen molar-refractivity contribution < 1.29 is 0 Å². The quantitative estimate of drug-likeness (QED) is 0.930. The van der Waals surface area contributed by atoms with E-state index in [1.54, 1.807) is 11.3 Å². The van der Waals surface area contributed by atoms with Gasteiger partial charge in [-0.2, -0.15) is 0 Å². The molecule has 4 heteroatoms. The van der Waals surface area contributed by atoms with E-state index in [4.69, 9.17) is 0 Å². The lowest BCUT2D eigenvalue weighted by Gasteiger charge is -2.14. The van der Waals surface area contributed by atoms with E-state index in [9.17, 15) is 0 Å². The number of nitrogens with zero attached hydrogens (tertiary/aromatic N) is 2. The largest absolute Gasteiger partial charge is 0.381 e. The molecule has 1 aliphatic rings. The van der Waals surface area contributed by atoms with Crippen LogP contribution in [0.2, 0.25) is 0 Å². The van der Waals surface area contributed by atoms with Crippen LogP contribution in [0.4, 0.5) is 5.69 Å². The molecule has 100 valence electrons. The Balaban J connectivity index is 1.76. The first-order valence-electron chi connectivity index (χ1n) is 6.68. The van der Waals surface area contributed by atoms with Crippen LogP contribution in [-0.2, 0) is 0 Å². The van der Waals surface area contributed by atoms with E-state index >= 15 is 0 Å². The maximum atomic E-state index is 4.55. The zero-order valence-corrected chi connectivity index (χ0v) is 12.2. The fraction of sp³-hybridized carbons (Fsp3) is 0.400. The summed E-state index contributed by atoms with van der Waals surface area (Å²) in [6, 6.07) is 9.14. The summed E-state index contributed by atoms with van der Waals surface area (Å²) in [5, 5.41) is 6.86. The average Bonchev–Trinajstić information content (AvgIpc) is 2.99. The molecule has 1 saturated heterocycles. The Morgan fingerprint density at radius 2 is 2.32 bits per heavy atom. The number of rotatable bonds is 3. The molecule has 1 aliphatic heterocycles. The molecule has 0 amide bonds. The van der Waals surface area contributed by atoms with Crippen LogP contribution in [0, 0.1) is 6.92 Å². The zero-order valence-electron chi connectivity index (χ0n) is 11.4. The van der Waals surface area contributed by atoms with Gasteiger partial charge in [0.15, 0.2) is 0 Å². The molecule has 1 unspecified atom stereocenters. The molecule has 1 atom stereocenters. The monoisotopic (exact) mass is 273 g/mol. The van der Waals surface area contributed by atoms with Gasteiger partial charge < -0.3 is 10.2 Å². The molecule has 0 spiro atoms. The molecule has 0 radical (unpaired) electrons. The fourth-order valence-electron chi connectivity index (χ4n) is 2.55. The minimum absolute atomic E-state index is 0.567. The smallest absolute Gasteiger partial charge is 0.0901 e. The Morgan fingerprint density at radius 3 is 3.00 bits per heavy atom. The minimum Gasteiger partial charge on any atom is -0.381 e. The highest BCUT2D eigenvalue weighted by Crippen LogP contribution is 2.25. The fourth-order valence-corrected chi connectivity index (χ4v) is 3.17. The first-order valence-corrected chi connectivity index (χ1v) is 7.56. The van der Waals surface area contributed by atoms with Crippen molar-refractivity contribution in [2.24, 2.45) is 0 Å². The molecular weight excluding hydrogens is 254 g/mol. The number of likely N-dealkylation sites (N-methyl/N-ethyl adjacent to an activating group) is 1. The van der Waals surface area contributed by atoms with Crippen LogP contribution >= 0.6 is 11.3 Å². The number of thiazole rings is 1. The highest BCUT2D eigenvalue weighted by atomic mass is 32.1. The highest BCUT2D eigenvalue weighted by Gasteiger charge is 2.18. The molecule has 1 aromatic heterocycles. The highest BCUT2D eigenvalue weighted by molar-refractivity contribution is 7.09. The lowest BCUT2D eigenvalue weighted by Crippen LogP contribution is -2.23. The lowest BCUT2D eigenvalue weighted by molar-refractivity contribution is 0.414. The average molecular weight is 273 g/mol. The van der Waals surface area contributed by atoms with Gasteiger partial charge in [-0.15, -0.1) is 11.3 Å². The molecule has 2 aromatic rings. The Morgan fingerprint density at radius 1 is 1.42 bits per heavy atom. The van der Waals surface area contributed by atoms with Gasteiger partial charge in [-0.05, 0) is 39.1 Å². The zero-order chi connectivity index (χ0) is 13.2. The number of benzene rings is 1. The molecule has 0 saturated carbocycles. The van der Waals surface area contributed by atoms with Gasteiger partial charge in [-0.1, -0.05) is 12.1 Å². The van der Waals surface area contributed by atoms with E-state index in [2.05, 4.69) is 51.9 Å². The van der Waals surface area contributed by atoms with Crippen molar-refractivity contribution in [2.45, 2.75) is 19.4 Å². The summed E-state index contributed by atoms with van der Waals surface area (Å²) in [7, 11) is 2.18. The number of nitrogens with one attached hydrogen (secondary N) is 1. The Hall–Kier alpha value is -1.39. The van der Waals surface area contributed by atoms with E-state index in [1.165, 1.54) is 24.2 Å². The second kappa shape index (κ2) is 5.31. The number of hydrogen-bond acceptors (Lipinski definition) is 4. The van der Waals surface area contributed by atoms with E-state index in [0.717, 1.165) is 17.2 Å². The minimum atomic E-state index is 0.567. The van der Waals surface area contributed by atoms with Crippen molar-refractivity contribution in [2.75, 3.05) is 25.5 Å². The standard InChI is InChI=1S/C15H19N3S/c1-11-16-15(10-19-11)12-4-3-5-13(8-12)17-14-6-7-18(2)9-14/h3-5,8,10,14,17H,6-7,9H2,1-2H3. The summed E-state index contributed by atoms with van der Waals surface area (Å²) in [5.41, 5.74) is 3.47. The molecule has 1 fully saturated rings. The Bertz CT molecular complexity index is 564. The van der Waals surface area contributed by atoms with Crippen LogP contribution in [0.3, 0.4) is 0 Å². The van der Waals surface area contributed by atoms with Crippen LogP contribution in [0.25, 0.3) is 11.3 Å². The lowest BCUT2D eigenvalue weighted by atomic mass is 10.1. The third-order valence-corrected chi connectivity index (χ3v) is 4.31. The summed E-state index contributed by atoms with van der Waals surface area (Å²) in [6.07, 6.45) is 1.22. The first-order chi connectivity index (χ1) is 9.20. The van der Waals surface area contributed by atoms with E-state index in [-0.39, 0.29) is 0 Å². The summed E-state index contributed by atoms with van der Waals surface area (Å²) >= 11 is 1.70. The van der Waals surface area contributed by atoms with E-state index in [0.29, 0.717) is 6.04 Å². The predicted octanol–water partition coefficient (Wildman–Crippen LogP) is 3.23. The van der Waals surface area contributed by atoms with Crippen molar-refractivity contribution in [1.29, 1.82) is 0 Å². The molecule has 1 N–H and O–H groups in total. The number of aryl methyl sites for hydroxylation is 1. The molecule has 0 bridgehead atoms. The summed E-state index contributed by atoms with van der Waals surface area (Å²) in [4.78, 5) is 6.91. The van der Waals surface area contributed by atoms with E-state index < -0.39 is 0 Å². The van der Waals surface area contributed by atoms with Gasteiger partial charge in [0, 0.05) is 29.2 Å². The maximum Gasteiger partial charge on any atom is 0.0901 e. The van der Waals surface area contributed by atoms with Crippen molar-refractivity contribution in [1.82, 2.24) is 9.88 Å². The predicted molar refractivity (Wildman–Crippen MR) is 81.8 cm³/mol. The summed E-state index contributed by atoms with van der Waals surface area (Å²) < 4.78 is 0. The van der Waals surface area contributed by atoms with Crippen molar-refractivity contribution in [3.63, 3.8) is 0 Å². The van der Waals surface area contributed by atoms with Gasteiger partial charge >= 0.3 is 0 Å². The number of likely N-dealkylation sites (tertiary alicyclic amines) is 1. The molecule has 19 heavy (non-hydrogen) atoms. The van der Waals surface area contributed by atoms with Crippen LogP contribution in [0.15, 0.2) is 29.6 Å². The van der Waals surface area contributed by atoms with Gasteiger partial charge in [-0.3, -0.25) is 0 Å². The molecule has 3 rings (SSSR count). The van der Waals surface area contributed by atoms with Gasteiger partial charge in [0.2, 0.25) is 0 Å². The van der Waals surface area contributed by atoms with Crippen molar-refractivity contribution >= 4 is 17.0 Å². The third kappa shape index (κ3) is 2.96. The number of hydrogen-bond donors (Lipinski definition) is 1. The van der Waals surface area contributed by atoms with Crippen LogP contribution in [0.5, 0.6) is 0 Å². The molecular formula is C15H19N3S. The SMILES string of the molecule is Cc1nc(-c2cccc(NC3CCN(C)C3)c2)cs1. The second-order valence-corrected chi connectivity index (χ2v) is 6.29. The summed E-state index contributed by atoms with van der Waals surface area (Å²) in [5.74, 6) is 0. The molecule has 1 aromatic carbocycles. The van der Waals surface area contributed by atoms with Gasteiger partial charge in [-0.25, -0.2) is 4.98 Å². The normalized spacial score (nSPS) is 19.8. The van der Waals surface area contributed by atoms with Gasteiger partial charge in [0.05, 0.1) is 10.7 Å². The van der Waals surface area contributed by atoms with Crippen molar-refractivity contribution in [3.8, 4) is 11.3 Å². The number of anilines is 1. The molecule has 3 nitrogen and oxygen atoms in total. The van der Waals surface area contributed by atoms with Gasteiger partial charge in [0.1, 0.15) is 0 Å². The molecule has 2 heterocycles. The van der Waals surface area contributed by atoms with Crippen LogP contribution < -0.4 is 5.32 Å². The van der Waals surface area contributed by atoms with Gasteiger partial charge in [0.25, 0.3) is 0 Å².